The molecule has 4 heteroatoms. The number of benzene rings is 4. The van der Waals surface area contributed by atoms with Gasteiger partial charge >= 0.3 is 0 Å². The molecule has 0 aliphatic heterocycles. The average Bonchev–Trinajstić information content (AvgIpc) is 2.89. The quantitative estimate of drug-likeness (QED) is 0.211. The number of hydrogen-bond donors (Lipinski definition) is 4. The second kappa shape index (κ2) is 12.0. The minimum absolute atomic E-state index is 0.0554. The van der Waals surface area contributed by atoms with Crippen LogP contribution in [0, 0.1) is 11.8 Å². The zero-order chi connectivity index (χ0) is 25.7. The maximum atomic E-state index is 10.3. The van der Waals surface area contributed by atoms with Crippen molar-refractivity contribution in [2.24, 2.45) is 11.8 Å². The van der Waals surface area contributed by atoms with Gasteiger partial charge < -0.3 is 20.8 Å². The fourth-order valence-electron chi connectivity index (χ4n) is 4.95. The molecule has 36 heavy (non-hydrogen) atoms. The van der Waals surface area contributed by atoms with Crippen molar-refractivity contribution in [3.63, 3.8) is 0 Å². The highest BCUT2D eigenvalue weighted by atomic mass is 16.3. The van der Waals surface area contributed by atoms with E-state index in [0.717, 1.165) is 11.1 Å². The molecule has 4 atom stereocenters. The van der Waals surface area contributed by atoms with Crippen molar-refractivity contribution in [3.05, 3.63) is 96.1 Å². The number of aliphatic hydroxyl groups is 2. The van der Waals surface area contributed by atoms with Crippen molar-refractivity contribution < 1.29 is 10.2 Å². The predicted octanol–water partition coefficient (Wildman–Crippen LogP) is 5.99. The number of nitrogens with one attached hydrogen (secondary N) is 2. The van der Waals surface area contributed by atoms with Gasteiger partial charge in [0.1, 0.15) is 0 Å². The van der Waals surface area contributed by atoms with Crippen LogP contribution in [0.2, 0.25) is 0 Å². The summed E-state index contributed by atoms with van der Waals surface area (Å²) in [5, 5.41) is 32.9. The second-order valence-electron chi connectivity index (χ2n) is 10.6. The fraction of sp³-hybridized carbons (Fsp3) is 0.375. The smallest absolute Gasteiger partial charge is 0.0587 e. The van der Waals surface area contributed by atoms with Crippen molar-refractivity contribution in [2.45, 2.75) is 51.9 Å². The number of aliphatic hydroxyl groups excluding tert-OH is 2. The van der Waals surface area contributed by atoms with Crippen LogP contribution in [0.4, 0.5) is 0 Å². The Kier molecular flexibility index (Phi) is 8.76. The van der Waals surface area contributed by atoms with Gasteiger partial charge in [-0.3, -0.25) is 0 Å². The molecule has 4 aromatic rings. The second-order valence-corrected chi connectivity index (χ2v) is 10.6. The molecule has 0 radical (unpaired) electrons. The molecular formula is C32H40N2O2. The Labute approximate surface area is 215 Å². The summed E-state index contributed by atoms with van der Waals surface area (Å²) < 4.78 is 0. The van der Waals surface area contributed by atoms with Gasteiger partial charge in [-0.15, -0.1) is 0 Å². The average molecular weight is 485 g/mol. The molecule has 4 rings (SSSR count). The van der Waals surface area contributed by atoms with Crippen LogP contribution in [0.3, 0.4) is 0 Å². The van der Waals surface area contributed by atoms with Gasteiger partial charge in [-0.1, -0.05) is 100 Å². The monoisotopic (exact) mass is 484 g/mol. The van der Waals surface area contributed by atoms with Crippen LogP contribution in [0.25, 0.3) is 21.5 Å². The summed E-state index contributed by atoms with van der Waals surface area (Å²) >= 11 is 0. The van der Waals surface area contributed by atoms with E-state index in [1.54, 1.807) is 0 Å². The third kappa shape index (κ3) is 5.96. The Hall–Kier alpha value is -2.76. The molecule has 4 nitrogen and oxygen atoms in total. The van der Waals surface area contributed by atoms with E-state index in [4.69, 9.17) is 0 Å². The summed E-state index contributed by atoms with van der Waals surface area (Å²) in [7, 11) is 0. The van der Waals surface area contributed by atoms with Crippen molar-refractivity contribution in [2.75, 3.05) is 13.2 Å². The van der Waals surface area contributed by atoms with E-state index in [0.29, 0.717) is 0 Å². The van der Waals surface area contributed by atoms with Gasteiger partial charge in [0.05, 0.1) is 25.3 Å². The first-order valence-electron chi connectivity index (χ1n) is 13.1. The highest BCUT2D eigenvalue weighted by Gasteiger charge is 2.31. The molecule has 0 heterocycles. The molecule has 0 spiro atoms. The van der Waals surface area contributed by atoms with E-state index < -0.39 is 0 Å². The normalized spacial score (nSPS) is 15.4. The lowest BCUT2D eigenvalue weighted by atomic mass is 9.88. The fourth-order valence-corrected chi connectivity index (χ4v) is 4.95. The Morgan fingerprint density at radius 3 is 1.22 bits per heavy atom. The summed E-state index contributed by atoms with van der Waals surface area (Å²) in [6.45, 7) is 8.64. The Morgan fingerprint density at radius 1 is 0.528 bits per heavy atom. The van der Waals surface area contributed by atoms with E-state index in [1.807, 2.05) is 0 Å². The van der Waals surface area contributed by atoms with E-state index >= 15 is 0 Å². The number of hydrogen-bond acceptors (Lipinski definition) is 4. The molecule has 0 aliphatic rings. The van der Waals surface area contributed by atoms with Crippen molar-refractivity contribution in [1.29, 1.82) is 0 Å². The minimum Gasteiger partial charge on any atom is -0.395 e. The van der Waals surface area contributed by atoms with Crippen molar-refractivity contribution in [3.8, 4) is 0 Å². The number of fused-ring (bicyclic) bond motifs is 2. The molecule has 0 aromatic heterocycles. The van der Waals surface area contributed by atoms with Crippen LogP contribution in [-0.2, 0) is 0 Å². The molecule has 0 bridgehead atoms. The molecule has 0 amide bonds. The first kappa shape index (κ1) is 26.3. The van der Waals surface area contributed by atoms with Gasteiger partial charge in [0.25, 0.3) is 0 Å². The molecule has 0 saturated heterocycles. The van der Waals surface area contributed by atoms with Gasteiger partial charge in [0, 0.05) is 12.1 Å². The third-order valence-electron chi connectivity index (χ3n) is 7.39. The minimum atomic E-state index is -0.122. The molecule has 0 fully saturated rings. The van der Waals surface area contributed by atoms with Gasteiger partial charge in [0.15, 0.2) is 0 Å². The topological polar surface area (TPSA) is 64.5 Å². The molecule has 190 valence electrons. The Bertz CT molecular complexity index is 1170. The number of rotatable bonds is 11. The third-order valence-corrected chi connectivity index (χ3v) is 7.39. The molecule has 0 unspecified atom stereocenters. The van der Waals surface area contributed by atoms with Gasteiger partial charge in [0.2, 0.25) is 0 Å². The molecular weight excluding hydrogens is 444 g/mol. The lowest BCUT2D eigenvalue weighted by molar-refractivity contribution is 0.165. The first-order chi connectivity index (χ1) is 17.4. The van der Waals surface area contributed by atoms with Crippen LogP contribution >= 0.6 is 0 Å². The van der Waals surface area contributed by atoms with Crippen LogP contribution < -0.4 is 10.6 Å². The maximum Gasteiger partial charge on any atom is 0.0587 e. The van der Waals surface area contributed by atoms with Gasteiger partial charge in [-0.2, -0.15) is 0 Å². The van der Waals surface area contributed by atoms with Crippen LogP contribution in [0.1, 0.15) is 50.9 Å². The summed E-state index contributed by atoms with van der Waals surface area (Å²) in [5.74, 6) is 0.517. The molecule has 4 aromatic carbocycles. The van der Waals surface area contributed by atoms with Gasteiger partial charge in [-0.25, -0.2) is 0 Å². The van der Waals surface area contributed by atoms with E-state index in [2.05, 4.69) is 123 Å². The van der Waals surface area contributed by atoms with Crippen LogP contribution in [-0.4, -0.2) is 35.5 Å². The highest BCUT2D eigenvalue weighted by Crippen LogP contribution is 2.34. The zero-order valence-corrected chi connectivity index (χ0v) is 21.9. The first-order valence-corrected chi connectivity index (χ1v) is 13.1. The Balaban J connectivity index is 1.86. The largest absolute Gasteiger partial charge is 0.395 e. The lowest BCUT2D eigenvalue weighted by Gasteiger charge is -2.37. The van der Waals surface area contributed by atoms with Crippen molar-refractivity contribution >= 4 is 21.5 Å². The standard InChI is InChI=1S/C32H40N2O2/c1-21(2)29(19-35)33-31(27-15-13-23-9-5-7-11-25(23)17-27)32(34-30(20-36)22(3)4)28-16-14-24-10-6-8-12-26(24)18-28/h5-18,21-22,29-36H,19-20H2,1-4H3/t29-,30-,31-,32-/m1/s1. The van der Waals surface area contributed by atoms with Crippen molar-refractivity contribution in [1.82, 2.24) is 10.6 Å². The lowest BCUT2D eigenvalue weighted by Crippen LogP contribution is -2.48. The van der Waals surface area contributed by atoms with E-state index in [-0.39, 0.29) is 49.2 Å². The predicted molar refractivity (Wildman–Crippen MR) is 151 cm³/mol. The zero-order valence-electron chi connectivity index (χ0n) is 21.9. The summed E-state index contributed by atoms with van der Waals surface area (Å²) in [6, 6.07) is 29.6. The van der Waals surface area contributed by atoms with E-state index in [1.165, 1.54) is 21.5 Å². The molecule has 0 aliphatic carbocycles. The molecule has 0 saturated carbocycles. The summed E-state index contributed by atoms with van der Waals surface area (Å²) in [6.07, 6.45) is 0. The SMILES string of the molecule is CC(C)[C@@H](CO)N[C@H](c1ccc2ccccc2c1)[C@H](N[C@H](CO)C(C)C)c1ccc2ccccc2c1. The van der Waals surface area contributed by atoms with E-state index in [9.17, 15) is 10.2 Å². The molecule has 4 N–H and O–H groups in total. The maximum absolute atomic E-state index is 10.3. The van der Waals surface area contributed by atoms with Crippen LogP contribution in [0.15, 0.2) is 84.9 Å². The summed E-state index contributed by atoms with van der Waals surface area (Å²) in [5.41, 5.74) is 2.30. The highest BCUT2D eigenvalue weighted by molar-refractivity contribution is 5.84. The summed E-state index contributed by atoms with van der Waals surface area (Å²) in [4.78, 5) is 0. The van der Waals surface area contributed by atoms with Crippen LogP contribution in [0.5, 0.6) is 0 Å². The Morgan fingerprint density at radius 2 is 0.889 bits per heavy atom. The van der Waals surface area contributed by atoms with Gasteiger partial charge in [-0.05, 0) is 56.6 Å².